The van der Waals surface area contributed by atoms with E-state index in [2.05, 4.69) is 41.9 Å². The maximum atomic E-state index is 12.8. The molecule has 1 amide bonds. The van der Waals surface area contributed by atoms with E-state index in [1.54, 1.807) is 24.5 Å². The Kier molecular flexibility index (Phi) is 6.86. The number of nitrogens with one attached hydrogen (secondary N) is 3. The Hall–Kier alpha value is -4.98. The molecule has 8 nitrogen and oxygen atoms in total. The van der Waals surface area contributed by atoms with Gasteiger partial charge in [-0.1, -0.05) is 0 Å². The maximum Gasteiger partial charge on any atom is 0.257 e. The average molecular weight is 504 g/mol. The molecule has 3 aromatic heterocycles. The summed E-state index contributed by atoms with van der Waals surface area (Å²) in [5, 5.41) is 10.6. The summed E-state index contributed by atoms with van der Waals surface area (Å²) in [7, 11) is 4.01. The highest BCUT2D eigenvalue weighted by Gasteiger charge is 2.09. The number of pyridine rings is 3. The van der Waals surface area contributed by atoms with Gasteiger partial charge in [-0.2, -0.15) is 0 Å². The van der Waals surface area contributed by atoms with E-state index in [4.69, 9.17) is 0 Å². The molecule has 0 unspecified atom stereocenters. The predicted molar refractivity (Wildman–Crippen MR) is 155 cm³/mol. The lowest BCUT2D eigenvalue weighted by Crippen LogP contribution is -2.12. The number of carbonyl (C=O) groups excluding carboxylic acids is 1. The van der Waals surface area contributed by atoms with Crippen LogP contribution in [0.2, 0.25) is 0 Å². The summed E-state index contributed by atoms with van der Waals surface area (Å²) in [6, 6.07) is 23.1. The fourth-order valence-corrected chi connectivity index (χ4v) is 4.17. The zero-order valence-corrected chi connectivity index (χ0v) is 21.8. The Bertz CT molecular complexity index is 1580. The van der Waals surface area contributed by atoms with Gasteiger partial charge in [0.05, 0.1) is 16.8 Å². The lowest BCUT2D eigenvalue weighted by atomic mass is 10.1. The van der Waals surface area contributed by atoms with E-state index < -0.39 is 0 Å². The molecule has 8 heteroatoms. The Balaban J connectivity index is 1.24. The molecule has 0 aliphatic heterocycles. The van der Waals surface area contributed by atoms with Gasteiger partial charge in [0.1, 0.15) is 5.82 Å². The number of fused-ring (bicyclic) bond motifs is 1. The lowest BCUT2D eigenvalue weighted by molar-refractivity contribution is 0.102. The second-order valence-corrected chi connectivity index (χ2v) is 9.31. The van der Waals surface area contributed by atoms with Crippen molar-refractivity contribution < 1.29 is 4.79 Å². The predicted octanol–water partition coefficient (Wildman–Crippen LogP) is 6.45. The van der Waals surface area contributed by atoms with Gasteiger partial charge in [-0.25, -0.2) is 4.98 Å². The smallest absolute Gasteiger partial charge is 0.257 e. The average Bonchev–Trinajstić information content (AvgIpc) is 2.89. The van der Waals surface area contributed by atoms with Gasteiger partial charge in [0.2, 0.25) is 0 Å². The van der Waals surface area contributed by atoms with Gasteiger partial charge in [-0.05, 0) is 86.6 Å². The number of hydrogen-bond donors (Lipinski definition) is 3. The Morgan fingerprint density at radius 1 is 0.763 bits per heavy atom. The molecule has 38 heavy (non-hydrogen) atoms. The van der Waals surface area contributed by atoms with Crippen molar-refractivity contribution in [1.82, 2.24) is 15.0 Å². The van der Waals surface area contributed by atoms with E-state index in [0.717, 1.165) is 45.0 Å². The van der Waals surface area contributed by atoms with Crippen LogP contribution in [0, 0.1) is 13.8 Å². The maximum absolute atomic E-state index is 12.8. The van der Waals surface area contributed by atoms with Crippen molar-refractivity contribution in [2.45, 2.75) is 13.8 Å². The van der Waals surface area contributed by atoms with Crippen LogP contribution >= 0.6 is 0 Å². The molecular weight excluding hydrogens is 474 g/mol. The van der Waals surface area contributed by atoms with Crippen molar-refractivity contribution >= 4 is 51.1 Å². The first-order valence-electron chi connectivity index (χ1n) is 12.3. The zero-order chi connectivity index (χ0) is 26.6. The summed E-state index contributed by atoms with van der Waals surface area (Å²) in [5.41, 5.74) is 7.85. The Morgan fingerprint density at radius 3 is 2.18 bits per heavy atom. The van der Waals surface area contributed by atoms with Crippen LogP contribution in [0.15, 0.2) is 85.2 Å². The minimum Gasteiger partial charge on any atom is -0.378 e. The van der Waals surface area contributed by atoms with E-state index in [9.17, 15) is 4.79 Å². The van der Waals surface area contributed by atoms with Gasteiger partial charge >= 0.3 is 0 Å². The summed E-state index contributed by atoms with van der Waals surface area (Å²) < 4.78 is 0. The first-order valence-corrected chi connectivity index (χ1v) is 12.3. The fraction of sp³-hybridized carbons (Fsp3) is 0.133. The normalized spacial score (nSPS) is 10.7. The number of anilines is 6. The van der Waals surface area contributed by atoms with Crippen LogP contribution in [0.1, 0.15) is 21.7 Å². The third-order valence-corrected chi connectivity index (χ3v) is 6.04. The van der Waals surface area contributed by atoms with Gasteiger partial charge in [0, 0.05) is 66.0 Å². The molecule has 0 saturated carbocycles. The fourth-order valence-electron chi connectivity index (χ4n) is 4.17. The largest absolute Gasteiger partial charge is 0.378 e. The quantitative estimate of drug-likeness (QED) is 0.235. The highest BCUT2D eigenvalue weighted by Crippen LogP contribution is 2.28. The number of carbonyl (C=O) groups is 1. The number of aryl methyl sites for hydroxylation is 2. The monoisotopic (exact) mass is 503 g/mol. The topological polar surface area (TPSA) is 95.1 Å². The lowest BCUT2D eigenvalue weighted by Gasteiger charge is -2.15. The van der Waals surface area contributed by atoms with Crippen molar-refractivity contribution in [2.75, 3.05) is 34.9 Å². The minimum absolute atomic E-state index is 0.227. The highest BCUT2D eigenvalue weighted by atomic mass is 16.1. The molecule has 190 valence electrons. The molecular formula is C30H29N7O. The van der Waals surface area contributed by atoms with Crippen molar-refractivity contribution in [3.05, 3.63) is 102 Å². The Labute approximate surface area is 221 Å². The highest BCUT2D eigenvalue weighted by molar-refractivity contribution is 6.04. The first-order chi connectivity index (χ1) is 18.3. The van der Waals surface area contributed by atoms with Crippen molar-refractivity contribution in [3.8, 4) is 0 Å². The van der Waals surface area contributed by atoms with Gasteiger partial charge in [-0.3, -0.25) is 14.8 Å². The van der Waals surface area contributed by atoms with Gasteiger partial charge < -0.3 is 20.9 Å². The number of rotatable bonds is 7. The molecule has 3 heterocycles. The minimum atomic E-state index is -0.227. The van der Waals surface area contributed by atoms with E-state index in [1.807, 2.05) is 82.5 Å². The van der Waals surface area contributed by atoms with Crippen LogP contribution < -0.4 is 20.9 Å². The van der Waals surface area contributed by atoms with E-state index in [0.29, 0.717) is 17.1 Å². The SMILES string of the molecule is Cc1cc(Nc2ccc(NC(=O)c3ccc(Nc4ccnc5ccc(N(C)C)cc45)nc3)cc2)cc(C)n1. The molecule has 5 aromatic rings. The van der Waals surface area contributed by atoms with Crippen LogP contribution in [-0.2, 0) is 0 Å². The molecule has 0 aliphatic carbocycles. The molecule has 0 atom stereocenters. The van der Waals surface area contributed by atoms with Crippen LogP contribution in [0.25, 0.3) is 10.9 Å². The third kappa shape index (κ3) is 5.70. The van der Waals surface area contributed by atoms with E-state index >= 15 is 0 Å². The summed E-state index contributed by atoms with van der Waals surface area (Å²) in [6.07, 6.45) is 3.33. The Morgan fingerprint density at radius 2 is 1.50 bits per heavy atom. The van der Waals surface area contributed by atoms with Crippen LogP contribution in [0.3, 0.4) is 0 Å². The number of nitrogens with zero attached hydrogens (tertiary/aromatic N) is 4. The molecule has 0 radical (unpaired) electrons. The summed E-state index contributed by atoms with van der Waals surface area (Å²) in [4.78, 5) is 28.2. The molecule has 0 bridgehead atoms. The zero-order valence-electron chi connectivity index (χ0n) is 21.8. The van der Waals surface area contributed by atoms with Crippen LogP contribution in [-0.4, -0.2) is 35.0 Å². The van der Waals surface area contributed by atoms with Gasteiger partial charge in [0.15, 0.2) is 0 Å². The number of hydrogen-bond acceptors (Lipinski definition) is 7. The molecule has 5 rings (SSSR count). The summed E-state index contributed by atoms with van der Waals surface area (Å²) >= 11 is 0. The molecule has 0 aliphatic rings. The summed E-state index contributed by atoms with van der Waals surface area (Å²) in [6.45, 7) is 3.94. The number of aromatic nitrogens is 3. The van der Waals surface area contributed by atoms with Gasteiger partial charge in [-0.15, -0.1) is 0 Å². The second kappa shape index (κ2) is 10.6. The molecule has 2 aromatic carbocycles. The van der Waals surface area contributed by atoms with Crippen molar-refractivity contribution in [1.29, 1.82) is 0 Å². The van der Waals surface area contributed by atoms with Crippen LogP contribution in [0.5, 0.6) is 0 Å². The second-order valence-electron chi connectivity index (χ2n) is 9.31. The first kappa shape index (κ1) is 24.7. The van der Waals surface area contributed by atoms with E-state index in [1.165, 1.54) is 0 Å². The van der Waals surface area contributed by atoms with Crippen molar-refractivity contribution in [2.24, 2.45) is 0 Å². The number of amides is 1. The number of benzene rings is 2. The van der Waals surface area contributed by atoms with Crippen molar-refractivity contribution in [3.63, 3.8) is 0 Å². The standard InChI is InChI=1S/C30H29N7O/c1-19-15-24(16-20(2)33-19)34-22-6-8-23(9-7-22)35-30(38)21-5-12-29(32-18-21)36-28-13-14-31-27-11-10-25(37(3)4)17-26(27)28/h5-18H,1-4H3,(H,33,34)(H,35,38)(H,31,32,36). The third-order valence-electron chi connectivity index (χ3n) is 6.04. The van der Waals surface area contributed by atoms with E-state index in [-0.39, 0.29) is 5.91 Å². The van der Waals surface area contributed by atoms with Gasteiger partial charge in [0.25, 0.3) is 5.91 Å². The molecule has 3 N–H and O–H groups in total. The van der Waals surface area contributed by atoms with Crippen LogP contribution in [0.4, 0.5) is 34.3 Å². The molecule has 0 spiro atoms. The summed E-state index contributed by atoms with van der Waals surface area (Å²) in [5.74, 6) is 0.413. The molecule has 0 fully saturated rings. The molecule has 0 saturated heterocycles.